The highest BCUT2D eigenvalue weighted by atomic mass is 32.1. The lowest BCUT2D eigenvalue weighted by Gasteiger charge is -2.02. The van der Waals surface area contributed by atoms with Crippen LogP contribution >= 0.6 is 11.3 Å². The standard InChI is InChI=1S/C13H8O2S/c14-11-7-12(15)16-13-9-4-2-1-3-8(9)5-6-10(11)13/h1-7,15H. The van der Waals surface area contributed by atoms with E-state index in [0.29, 0.717) is 5.39 Å². The molecule has 0 atom stereocenters. The molecule has 0 radical (unpaired) electrons. The van der Waals surface area contributed by atoms with Crippen LogP contribution in [0.5, 0.6) is 5.06 Å². The van der Waals surface area contributed by atoms with Gasteiger partial charge in [0.05, 0.1) is 0 Å². The van der Waals surface area contributed by atoms with E-state index in [1.807, 2.05) is 36.4 Å². The van der Waals surface area contributed by atoms with E-state index in [9.17, 15) is 9.90 Å². The predicted molar refractivity (Wildman–Crippen MR) is 67.3 cm³/mol. The average Bonchev–Trinajstić information content (AvgIpc) is 2.28. The van der Waals surface area contributed by atoms with Crippen molar-refractivity contribution in [3.63, 3.8) is 0 Å². The van der Waals surface area contributed by atoms with Gasteiger partial charge in [0.15, 0.2) is 10.5 Å². The first-order chi connectivity index (χ1) is 7.75. The van der Waals surface area contributed by atoms with Gasteiger partial charge in [0, 0.05) is 16.2 Å². The molecule has 1 aromatic heterocycles. The lowest BCUT2D eigenvalue weighted by molar-refractivity contribution is 0.490. The van der Waals surface area contributed by atoms with E-state index in [1.54, 1.807) is 0 Å². The molecule has 0 unspecified atom stereocenters. The molecule has 2 aromatic carbocycles. The van der Waals surface area contributed by atoms with E-state index >= 15 is 0 Å². The highest BCUT2D eigenvalue weighted by Crippen LogP contribution is 2.30. The monoisotopic (exact) mass is 228 g/mol. The first-order valence-electron chi connectivity index (χ1n) is 4.90. The first kappa shape index (κ1) is 9.36. The van der Waals surface area contributed by atoms with Gasteiger partial charge in [-0.3, -0.25) is 4.79 Å². The Balaban J connectivity index is 2.65. The summed E-state index contributed by atoms with van der Waals surface area (Å²) in [7, 11) is 0. The third-order valence-electron chi connectivity index (χ3n) is 2.61. The number of aromatic hydroxyl groups is 1. The number of hydrogen-bond acceptors (Lipinski definition) is 3. The van der Waals surface area contributed by atoms with Crippen LogP contribution in [0.4, 0.5) is 0 Å². The number of rotatable bonds is 0. The van der Waals surface area contributed by atoms with Gasteiger partial charge in [-0.05, 0) is 16.8 Å². The Bertz CT molecular complexity index is 744. The normalized spacial score (nSPS) is 11.0. The molecule has 0 saturated carbocycles. The van der Waals surface area contributed by atoms with Crippen molar-refractivity contribution in [1.29, 1.82) is 0 Å². The fraction of sp³-hybridized carbons (Fsp3) is 0. The van der Waals surface area contributed by atoms with E-state index in [0.717, 1.165) is 15.5 Å². The lowest BCUT2D eigenvalue weighted by atomic mass is 10.1. The minimum Gasteiger partial charge on any atom is -0.499 e. The topological polar surface area (TPSA) is 37.3 Å². The summed E-state index contributed by atoms with van der Waals surface area (Å²) in [5.41, 5.74) is -0.128. The molecule has 3 heteroatoms. The molecular formula is C13H8O2S. The molecule has 2 nitrogen and oxygen atoms in total. The Morgan fingerprint density at radius 1 is 1.00 bits per heavy atom. The van der Waals surface area contributed by atoms with Gasteiger partial charge in [-0.15, -0.1) is 0 Å². The van der Waals surface area contributed by atoms with Crippen LogP contribution in [0.3, 0.4) is 0 Å². The second-order valence-corrected chi connectivity index (χ2v) is 4.64. The van der Waals surface area contributed by atoms with Gasteiger partial charge in [-0.25, -0.2) is 0 Å². The quantitative estimate of drug-likeness (QED) is 0.600. The van der Waals surface area contributed by atoms with E-state index in [2.05, 4.69) is 0 Å². The zero-order valence-electron chi connectivity index (χ0n) is 8.31. The molecule has 0 aliphatic heterocycles. The highest BCUT2D eigenvalue weighted by molar-refractivity contribution is 7.20. The van der Waals surface area contributed by atoms with Crippen LogP contribution in [-0.2, 0) is 0 Å². The largest absolute Gasteiger partial charge is 0.499 e. The van der Waals surface area contributed by atoms with Crippen LogP contribution in [0.2, 0.25) is 0 Å². The maximum Gasteiger partial charge on any atom is 0.191 e. The van der Waals surface area contributed by atoms with Gasteiger partial charge in [-0.1, -0.05) is 41.7 Å². The van der Waals surface area contributed by atoms with Crippen molar-refractivity contribution in [2.45, 2.75) is 0 Å². The Labute approximate surface area is 95.4 Å². The molecule has 0 saturated heterocycles. The molecule has 0 spiro atoms. The molecule has 78 valence electrons. The molecule has 0 aliphatic carbocycles. The summed E-state index contributed by atoms with van der Waals surface area (Å²) in [6.45, 7) is 0. The molecule has 0 bridgehead atoms. The summed E-state index contributed by atoms with van der Waals surface area (Å²) in [4.78, 5) is 11.7. The fourth-order valence-electron chi connectivity index (χ4n) is 1.87. The summed E-state index contributed by atoms with van der Waals surface area (Å²) in [5.74, 6) is 0. The molecule has 16 heavy (non-hydrogen) atoms. The zero-order chi connectivity index (χ0) is 11.1. The number of hydrogen-bond donors (Lipinski definition) is 1. The molecule has 3 rings (SSSR count). The maximum atomic E-state index is 11.7. The second-order valence-electron chi connectivity index (χ2n) is 3.61. The fourth-order valence-corrected chi connectivity index (χ4v) is 2.82. The van der Waals surface area contributed by atoms with Crippen molar-refractivity contribution in [2.75, 3.05) is 0 Å². The Morgan fingerprint density at radius 2 is 1.81 bits per heavy atom. The summed E-state index contributed by atoms with van der Waals surface area (Å²) in [6.07, 6.45) is 0. The van der Waals surface area contributed by atoms with Crippen molar-refractivity contribution in [3.8, 4) is 5.06 Å². The summed E-state index contributed by atoms with van der Waals surface area (Å²) >= 11 is 1.24. The van der Waals surface area contributed by atoms with Crippen LogP contribution in [0.25, 0.3) is 20.9 Å². The van der Waals surface area contributed by atoms with Crippen LogP contribution in [0.1, 0.15) is 0 Å². The molecular weight excluding hydrogens is 220 g/mol. The van der Waals surface area contributed by atoms with E-state index < -0.39 is 0 Å². The van der Waals surface area contributed by atoms with Crippen LogP contribution in [0.15, 0.2) is 47.3 Å². The summed E-state index contributed by atoms with van der Waals surface area (Å²) in [6, 6.07) is 12.9. The van der Waals surface area contributed by atoms with Gasteiger partial charge in [0.25, 0.3) is 0 Å². The van der Waals surface area contributed by atoms with Crippen molar-refractivity contribution in [2.24, 2.45) is 0 Å². The third-order valence-corrected chi connectivity index (χ3v) is 3.58. The molecule has 0 amide bonds. The second kappa shape index (κ2) is 3.32. The van der Waals surface area contributed by atoms with Crippen molar-refractivity contribution in [1.82, 2.24) is 0 Å². The minimum absolute atomic E-state index is 0.0638. The van der Waals surface area contributed by atoms with Crippen LogP contribution in [0, 0.1) is 0 Å². The third kappa shape index (κ3) is 1.29. The molecule has 1 heterocycles. The van der Waals surface area contributed by atoms with Gasteiger partial charge in [0.1, 0.15) is 0 Å². The van der Waals surface area contributed by atoms with E-state index in [4.69, 9.17) is 0 Å². The summed E-state index contributed by atoms with van der Waals surface area (Å²) < 4.78 is 0.850. The van der Waals surface area contributed by atoms with Crippen molar-refractivity contribution in [3.05, 3.63) is 52.7 Å². The van der Waals surface area contributed by atoms with Crippen molar-refractivity contribution >= 4 is 32.2 Å². The lowest BCUT2D eigenvalue weighted by Crippen LogP contribution is -1.97. The molecule has 1 N–H and O–H groups in total. The smallest absolute Gasteiger partial charge is 0.191 e. The minimum atomic E-state index is -0.128. The van der Waals surface area contributed by atoms with Crippen LogP contribution in [-0.4, -0.2) is 5.11 Å². The Kier molecular flexibility index (Phi) is 1.94. The number of benzene rings is 2. The van der Waals surface area contributed by atoms with Crippen LogP contribution < -0.4 is 5.43 Å². The Hall–Kier alpha value is -1.87. The molecule has 0 fully saturated rings. The van der Waals surface area contributed by atoms with Gasteiger partial charge in [-0.2, -0.15) is 0 Å². The van der Waals surface area contributed by atoms with Gasteiger partial charge >= 0.3 is 0 Å². The van der Waals surface area contributed by atoms with Crippen molar-refractivity contribution < 1.29 is 5.11 Å². The Morgan fingerprint density at radius 3 is 2.69 bits per heavy atom. The average molecular weight is 228 g/mol. The summed E-state index contributed by atoms with van der Waals surface area (Å²) in [5, 5.41) is 12.3. The SMILES string of the molecule is O=c1cc(O)sc2c1ccc1ccccc12. The maximum absolute atomic E-state index is 11.7. The van der Waals surface area contributed by atoms with Gasteiger partial charge in [0.2, 0.25) is 0 Å². The zero-order valence-corrected chi connectivity index (χ0v) is 9.12. The first-order valence-corrected chi connectivity index (χ1v) is 5.72. The van der Waals surface area contributed by atoms with E-state index in [1.165, 1.54) is 17.4 Å². The van der Waals surface area contributed by atoms with Gasteiger partial charge < -0.3 is 5.11 Å². The highest BCUT2D eigenvalue weighted by Gasteiger charge is 2.05. The molecule has 3 aromatic rings. The predicted octanol–water partition coefficient (Wildman–Crippen LogP) is 3.12. The number of fused-ring (bicyclic) bond motifs is 3. The van der Waals surface area contributed by atoms with E-state index in [-0.39, 0.29) is 10.5 Å². The molecule has 0 aliphatic rings.